The number of rotatable bonds is 6. The maximum atomic E-state index is 13.2. The molecule has 0 amide bonds. The molecule has 2 N–H and O–H groups in total. The van der Waals surface area contributed by atoms with Gasteiger partial charge in [-0.2, -0.15) is 5.10 Å². The third-order valence-corrected chi connectivity index (χ3v) is 5.70. The average Bonchev–Trinajstić information content (AvgIpc) is 3.23. The van der Waals surface area contributed by atoms with Gasteiger partial charge in [-0.05, 0) is 66.7 Å². The molecule has 0 aromatic carbocycles. The lowest BCUT2D eigenvalue weighted by Gasteiger charge is -2.14. The Morgan fingerprint density at radius 3 is 2.97 bits per heavy atom. The number of nitrogens with zero attached hydrogens (tertiary/aromatic N) is 5. The van der Waals surface area contributed by atoms with Crippen molar-refractivity contribution in [2.75, 3.05) is 5.32 Å². The number of anilines is 1. The second kappa shape index (κ2) is 8.61. The molecule has 0 bridgehead atoms. The lowest BCUT2D eigenvalue weighted by Crippen LogP contribution is -2.20. The number of aryl methyl sites for hydroxylation is 1. The SMILES string of the molecule is [CH2][C@@H]1C[C@@H](Nc2ncncc2C(=O)c2cc(C)n(Cc3cccc(Br)n3)n2)C[C@@H]1O. The van der Waals surface area contributed by atoms with Crippen molar-refractivity contribution >= 4 is 27.5 Å². The zero-order valence-corrected chi connectivity index (χ0v) is 18.1. The molecule has 155 valence electrons. The summed E-state index contributed by atoms with van der Waals surface area (Å²) in [6.07, 6.45) is 3.73. The van der Waals surface area contributed by atoms with E-state index in [2.05, 4.69) is 48.2 Å². The van der Waals surface area contributed by atoms with E-state index in [4.69, 9.17) is 0 Å². The summed E-state index contributed by atoms with van der Waals surface area (Å²) in [7, 11) is 0. The Balaban J connectivity index is 1.55. The Kier molecular flexibility index (Phi) is 5.92. The monoisotopic (exact) mass is 469 g/mol. The first-order chi connectivity index (χ1) is 14.4. The zero-order chi connectivity index (χ0) is 21.3. The normalized spacial score (nSPS) is 21.0. The number of aromatic nitrogens is 5. The molecular formula is C21H22BrN6O2. The molecule has 3 atom stereocenters. The number of hydrogen-bond donors (Lipinski definition) is 2. The number of nitrogens with one attached hydrogen (secondary N) is 1. The van der Waals surface area contributed by atoms with E-state index in [-0.39, 0.29) is 17.7 Å². The van der Waals surface area contributed by atoms with Crippen LogP contribution in [0.3, 0.4) is 0 Å². The van der Waals surface area contributed by atoms with E-state index in [0.717, 1.165) is 16.0 Å². The molecule has 3 heterocycles. The quantitative estimate of drug-likeness (QED) is 0.422. The molecule has 0 saturated heterocycles. The topological polar surface area (TPSA) is 106 Å². The molecule has 1 fully saturated rings. The Morgan fingerprint density at radius 2 is 2.23 bits per heavy atom. The van der Waals surface area contributed by atoms with Crippen LogP contribution >= 0.6 is 15.9 Å². The number of pyridine rings is 1. The minimum atomic E-state index is -0.450. The van der Waals surface area contributed by atoms with Gasteiger partial charge in [0.25, 0.3) is 0 Å². The Hall–Kier alpha value is -2.65. The molecule has 0 aliphatic heterocycles. The van der Waals surface area contributed by atoms with Gasteiger partial charge in [0.05, 0.1) is 23.9 Å². The van der Waals surface area contributed by atoms with Crippen molar-refractivity contribution in [3.05, 3.63) is 71.0 Å². The van der Waals surface area contributed by atoms with Crippen molar-refractivity contribution < 1.29 is 9.90 Å². The van der Waals surface area contributed by atoms with Crippen LogP contribution in [-0.4, -0.2) is 47.8 Å². The molecule has 1 saturated carbocycles. The summed E-state index contributed by atoms with van der Waals surface area (Å²) in [6, 6.07) is 7.44. The number of hydrogen-bond acceptors (Lipinski definition) is 7. The van der Waals surface area contributed by atoms with E-state index >= 15 is 0 Å². The van der Waals surface area contributed by atoms with Gasteiger partial charge in [0.15, 0.2) is 0 Å². The molecular weight excluding hydrogens is 448 g/mol. The third-order valence-electron chi connectivity index (χ3n) is 5.25. The van der Waals surface area contributed by atoms with Crippen molar-refractivity contribution in [1.29, 1.82) is 0 Å². The van der Waals surface area contributed by atoms with Crippen molar-refractivity contribution in [2.24, 2.45) is 5.92 Å². The molecule has 1 aliphatic carbocycles. The van der Waals surface area contributed by atoms with Gasteiger partial charge in [-0.1, -0.05) is 6.07 Å². The molecule has 3 aromatic heterocycles. The summed E-state index contributed by atoms with van der Waals surface area (Å²) in [5, 5.41) is 17.7. The zero-order valence-electron chi connectivity index (χ0n) is 16.5. The number of aliphatic hydroxyl groups is 1. The lowest BCUT2D eigenvalue weighted by atomic mass is 10.1. The second-order valence-electron chi connectivity index (χ2n) is 7.53. The second-order valence-corrected chi connectivity index (χ2v) is 8.35. The van der Waals surface area contributed by atoms with Crippen LogP contribution in [0.4, 0.5) is 5.82 Å². The van der Waals surface area contributed by atoms with E-state index in [0.29, 0.717) is 36.5 Å². The van der Waals surface area contributed by atoms with Gasteiger partial charge in [0.2, 0.25) is 5.78 Å². The fraction of sp³-hybridized carbons (Fsp3) is 0.333. The first kappa shape index (κ1) is 20.6. The lowest BCUT2D eigenvalue weighted by molar-refractivity contribution is 0.103. The van der Waals surface area contributed by atoms with Crippen LogP contribution in [0.25, 0.3) is 0 Å². The maximum absolute atomic E-state index is 13.2. The van der Waals surface area contributed by atoms with Gasteiger partial charge in [-0.15, -0.1) is 0 Å². The number of halogens is 1. The summed E-state index contributed by atoms with van der Waals surface area (Å²) >= 11 is 3.37. The minimum absolute atomic E-state index is 0.00541. The molecule has 3 aromatic rings. The highest BCUT2D eigenvalue weighted by molar-refractivity contribution is 9.10. The number of ketones is 1. The molecule has 9 heteroatoms. The summed E-state index contributed by atoms with van der Waals surface area (Å²) in [4.78, 5) is 25.9. The highest BCUT2D eigenvalue weighted by atomic mass is 79.9. The van der Waals surface area contributed by atoms with Crippen molar-refractivity contribution in [2.45, 2.75) is 38.5 Å². The highest BCUT2D eigenvalue weighted by Gasteiger charge is 2.31. The van der Waals surface area contributed by atoms with Gasteiger partial charge < -0.3 is 10.4 Å². The average molecular weight is 470 g/mol. The fourth-order valence-corrected chi connectivity index (χ4v) is 4.02. The standard InChI is InChI=1S/C21H22BrN6O2/c1-12-6-15(8-18(12)29)26-21-16(9-23-11-24-21)20(30)17-7-13(2)28(27-17)10-14-4-3-5-19(22)25-14/h3-5,7,9,11-12,15,18,29H,1,6,8,10H2,2H3,(H,23,24,26)/t12-,15-,18+/m1/s1. The van der Waals surface area contributed by atoms with Gasteiger partial charge in [0, 0.05) is 17.9 Å². The number of carbonyl (C=O) groups is 1. The largest absolute Gasteiger partial charge is 0.393 e. The van der Waals surface area contributed by atoms with Crippen LogP contribution in [0.5, 0.6) is 0 Å². The summed E-state index contributed by atoms with van der Waals surface area (Å²) in [6.45, 7) is 6.31. The predicted octanol–water partition coefficient (Wildman–Crippen LogP) is 2.80. The first-order valence-electron chi connectivity index (χ1n) is 9.69. The van der Waals surface area contributed by atoms with E-state index in [9.17, 15) is 9.90 Å². The third kappa shape index (κ3) is 4.41. The van der Waals surface area contributed by atoms with Gasteiger partial charge in [-0.25, -0.2) is 15.0 Å². The molecule has 30 heavy (non-hydrogen) atoms. The van der Waals surface area contributed by atoms with Crippen LogP contribution in [0.15, 0.2) is 41.4 Å². The van der Waals surface area contributed by atoms with Gasteiger partial charge >= 0.3 is 0 Å². The summed E-state index contributed by atoms with van der Waals surface area (Å²) < 4.78 is 2.50. The van der Waals surface area contributed by atoms with Crippen LogP contribution in [0, 0.1) is 19.8 Å². The molecule has 8 nitrogen and oxygen atoms in total. The molecule has 1 radical (unpaired) electrons. The van der Waals surface area contributed by atoms with Crippen LogP contribution < -0.4 is 5.32 Å². The van der Waals surface area contributed by atoms with E-state index < -0.39 is 6.10 Å². The smallest absolute Gasteiger partial charge is 0.218 e. The van der Waals surface area contributed by atoms with Gasteiger partial charge in [0.1, 0.15) is 22.4 Å². The minimum Gasteiger partial charge on any atom is -0.393 e. The Bertz CT molecular complexity index is 1060. The summed E-state index contributed by atoms with van der Waals surface area (Å²) in [5.41, 5.74) is 2.36. The number of carbonyl (C=O) groups excluding carboxylic acids is 1. The van der Waals surface area contributed by atoms with Crippen LogP contribution in [0.2, 0.25) is 0 Å². The number of aliphatic hydroxyl groups excluding tert-OH is 1. The first-order valence-corrected chi connectivity index (χ1v) is 10.5. The Morgan fingerprint density at radius 1 is 1.40 bits per heavy atom. The molecule has 0 spiro atoms. The Labute approximate surface area is 182 Å². The predicted molar refractivity (Wildman–Crippen MR) is 115 cm³/mol. The van der Waals surface area contributed by atoms with Crippen molar-refractivity contribution in [3.8, 4) is 0 Å². The van der Waals surface area contributed by atoms with E-state index in [1.54, 1.807) is 10.7 Å². The van der Waals surface area contributed by atoms with Crippen molar-refractivity contribution in [1.82, 2.24) is 24.7 Å². The van der Waals surface area contributed by atoms with Crippen molar-refractivity contribution in [3.63, 3.8) is 0 Å². The van der Waals surface area contributed by atoms with Gasteiger partial charge in [-0.3, -0.25) is 9.48 Å². The van der Waals surface area contributed by atoms with E-state index in [1.165, 1.54) is 12.5 Å². The van der Waals surface area contributed by atoms with E-state index in [1.807, 2.05) is 25.1 Å². The van der Waals surface area contributed by atoms with Crippen LogP contribution in [0.1, 0.15) is 40.3 Å². The highest BCUT2D eigenvalue weighted by Crippen LogP contribution is 2.28. The molecule has 4 rings (SSSR count). The van der Waals surface area contributed by atoms with Crippen LogP contribution in [-0.2, 0) is 6.54 Å². The molecule has 0 unspecified atom stereocenters. The summed E-state index contributed by atoms with van der Waals surface area (Å²) in [5.74, 6) is 0.155. The molecule has 1 aliphatic rings. The maximum Gasteiger partial charge on any atom is 0.218 e. The fourth-order valence-electron chi connectivity index (χ4n) is 3.64.